The molecular weight excluding hydrogens is 524 g/mol. The number of hydrogen-bond donors (Lipinski definition) is 1. The molecule has 5 aromatic rings. The van der Waals surface area contributed by atoms with Gasteiger partial charge in [-0.15, -0.1) is 0 Å². The van der Waals surface area contributed by atoms with E-state index in [0.717, 1.165) is 26.1 Å². The molecule has 0 radical (unpaired) electrons. The second-order valence-electron chi connectivity index (χ2n) is 10.1. The van der Waals surface area contributed by atoms with Crippen molar-refractivity contribution in [2.75, 3.05) is 32.8 Å². The number of rotatable bonds is 7. The minimum absolute atomic E-state index is 0.216. The molecule has 1 fully saturated rings. The predicted molar refractivity (Wildman–Crippen MR) is 144 cm³/mol. The van der Waals surface area contributed by atoms with Crippen molar-refractivity contribution >= 4 is 21.8 Å². The summed E-state index contributed by atoms with van der Waals surface area (Å²) in [7, 11) is 0. The molecule has 6 nitrogen and oxygen atoms in total. The van der Waals surface area contributed by atoms with Crippen molar-refractivity contribution in [2.45, 2.75) is 24.7 Å². The van der Waals surface area contributed by atoms with Crippen molar-refractivity contribution in [3.05, 3.63) is 96.1 Å². The van der Waals surface area contributed by atoms with E-state index in [1.54, 1.807) is 28.8 Å². The molecule has 3 aromatic carbocycles. The van der Waals surface area contributed by atoms with Crippen LogP contribution in [0.2, 0.25) is 0 Å². The third kappa shape index (κ3) is 4.66. The monoisotopic (exact) mass is 552 g/mol. The Morgan fingerprint density at radius 3 is 2.40 bits per heavy atom. The third-order valence-corrected chi connectivity index (χ3v) is 7.62. The Labute approximate surface area is 228 Å². The Bertz CT molecular complexity index is 1640. The molecule has 1 aliphatic heterocycles. The Hall–Kier alpha value is -3.73. The Morgan fingerprint density at radius 1 is 0.900 bits per heavy atom. The lowest BCUT2D eigenvalue weighted by Gasteiger charge is -2.31. The van der Waals surface area contributed by atoms with Gasteiger partial charge in [-0.05, 0) is 54.4 Å². The number of halogens is 4. The normalized spacial score (nSPS) is 16.5. The largest absolute Gasteiger partial charge is 0.425 e. The van der Waals surface area contributed by atoms with E-state index in [0.29, 0.717) is 47.3 Å². The first kappa shape index (κ1) is 26.5. The molecule has 40 heavy (non-hydrogen) atoms. The SMILES string of the molecule is OC(c1ccc2c(cnn2-c2ccc(F)cc2)c1)(c1cn(CCCN2CCOCC2)c2ccccc12)C(F)(F)F. The molecule has 1 N–H and O–H groups in total. The number of fused-ring (bicyclic) bond motifs is 2. The van der Waals surface area contributed by atoms with Crippen LogP contribution in [-0.2, 0) is 16.9 Å². The van der Waals surface area contributed by atoms with E-state index < -0.39 is 17.6 Å². The van der Waals surface area contributed by atoms with Crippen LogP contribution in [0.25, 0.3) is 27.5 Å². The number of hydrogen-bond acceptors (Lipinski definition) is 4. The van der Waals surface area contributed by atoms with E-state index in [2.05, 4.69) is 10.00 Å². The molecular formula is C30H28F4N4O2. The van der Waals surface area contributed by atoms with Crippen LogP contribution in [0.5, 0.6) is 0 Å². The summed E-state index contributed by atoms with van der Waals surface area (Å²) in [6, 6.07) is 16.6. The summed E-state index contributed by atoms with van der Waals surface area (Å²) in [5, 5.41) is 16.7. The van der Waals surface area contributed by atoms with Gasteiger partial charge < -0.3 is 14.4 Å². The standard InChI is InChI=1S/C30H28F4N4O2/c31-23-7-9-24(10-8-23)38-27-11-6-22(18-21(27)19-35-38)29(39,30(32,33)34)26-20-37(28-5-2-1-4-25(26)28)13-3-12-36-14-16-40-17-15-36/h1-2,4-11,18-20,39H,3,12-17H2. The minimum atomic E-state index is -5.00. The molecule has 0 saturated carbocycles. The fourth-order valence-electron chi connectivity index (χ4n) is 5.53. The van der Waals surface area contributed by atoms with E-state index in [1.807, 2.05) is 0 Å². The van der Waals surface area contributed by atoms with Crippen molar-refractivity contribution in [3.8, 4) is 5.69 Å². The molecule has 1 aliphatic rings. The highest BCUT2D eigenvalue weighted by atomic mass is 19.4. The summed E-state index contributed by atoms with van der Waals surface area (Å²) in [6.07, 6.45) is -1.38. The van der Waals surface area contributed by atoms with Gasteiger partial charge in [-0.25, -0.2) is 9.07 Å². The molecule has 1 atom stereocenters. The van der Waals surface area contributed by atoms with Gasteiger partial charge in [-0.2, -0.15) is 18.3 Å². The minimum Gasteiger partial charge on any atom is -0.379 e. The van der Waals surface area contributed by atoms with Crippen LogP contribution in [0.1, 0.15) is 17.5 Å². The highest BCUT2D eigenvalue weighted by Crippen LogP contribution is 2.47. The topological polar surface area (TPSA) is 55.5 Å². The molecule has 2 aromatic heterocycles. The molecule has 1 saturated heterocycles. The smallest absolute Gasteiger partial charge is 0.379 e. The Kier molecular flexibility index (Phi) is 6.85. The maximum Gasteiger partial charge on any atom is 0.425 e. The van der Waals surface area contributed by atoms with Crippen LogP contribution in [0.15, 0.2) is 79.1 Å². The van der Waals surface area contributed by atoms with Gasteiger partial charge in [0, 0.05) is 54.2 Å². The summed E-state index contributed by atoms with van der Waals surface area (Å²) in [5.41, 5.74) is -2.04. The lowest BCUT2D eigenvalue weighted by atomic mass is 9.85. The highest BCUT2D eigenvalue weighted by molar-refractivity contribution is 5.87. The number of aliphatic hydroxyl groups is 1. The summed E-state index contributed by atoms with van der Waals surface area (Å²) in [4.78, 5) is 2.28. The van der Waals surface area contributed by atoms with Gasteiger partial charge in [0.25, 0.3) is 0 Å². The molecule has 6 rings (SSSR count). The molecule has 0 spiro atoms. The van der Waals surface area contributed by atoms with Gasteiger partial charge in [0.05, 0.1) is 30.6 Å². The van der Waals surface area contributed by atoms with Crippen LogP contribution >= 0.6 is 0 Å². The van der Waals surface area contributed by atoms with Crippen LogP contribution in [0.4, 0.5) is 17.6 Å². The number of nitrogens with zero attached hydrogens (tertiary/aromatic N) is 4. The average molecular weight is 553 g/mol. The maximum absolute atomic E-state index is 14.9. The predicted octanol–water partition coefficient (Wildman–Crippen LogP) is 5.64. The number of aryl methyl sites for hydroxylation is 1. The van der Waals surface area contributed by atoms with E-state index in [9.17, 15) is 22.7 Å². The van der Waals surface area contributed by atoms with Gasteiger partial charge in [-0.3, -0.25) is 4.90 Å². The van der Waals surface area contributed by atoms with Gasteiger partial charge in [0.15, 0.2) is 0 Å². The molecule has 10 heteroatoms. The van der Waals surface area contributed by atoms with Gasteiger partial charge in [0.2, 0.25) is 5.60 Å². The zero-order valence-electron chi connectivity index (χ0n) is 21.6. The lowest BCUT2D eigenvalue weighted by molar-refractivity contribution is -0.247. The van der Waals surface area contributed by atoms with Gasteiger partial charge >= 0.3 is 6.18 Å². The molecule has 0 aliphatic carbocycles. The van der Waals surface area contributed by atoms with Crippen molar-refractivity contribution in [2.24, 2.45) is 0 Å². The Balaban J connectivity index is 1.39. The third-order valence-electron chi connectivity index (χ3n) is 7.62. The summed E-state index contributed by atoms with van der Waals surface area (Å²) in [5.74, 6) is -0.405. The first-order valence-corrected chi connectivity index (χ1v) is 13.2. The molecule has 1 unspecified atom stereocenters. The second kappa shape index (κ2) is 10.3. The zero-order valence-corrected chi connectivity index (χ0v) is 21.6. The van der Waals surface area contributed by atoms with Crippen LogP contribution < -0.4 is 0 Å². The van der Waals surface area contributed by atoms with E-state index in [1.165, 1.54) is 59.5 Å². The first-order valence-electron chi connectivity index (χ1n) is 13.2. The van der Waals surface area contributed by atoms with Crippen molar-refractivity contribution < 1.29 is 27.4 Å². The van der Waals surface area contributed by atoms with Crippen molar-refractivity contribution in [1.29, 1.82) is 0 Å². The fraction of sp³-hybridized carbons (Fsp3) is 0.300. The molecule has 3 heterocycles. The van der Waals surface area contributed by atoms with Gasteiger partial charge in [-0.1, -0.05) is 24.3 Å². The van der Waals surface area contributed by atoms with Crippen LogP contribution in [0, 0.1) is 5.82 Å². The van der Waals surface area contributed by atoms with Crippen molar-refractivity contribution in [1.82, 2.24) is 19.2 Å². The Morgan fingerprint density at radius 2 is 1.65 bits per heavy atom. The van der Waals surface area contributed by atoms with Crippen LogP contribution in [0.3, 0.4) is 0 Å². The average Bonchev–Trinajstić information content (AvgIpc) is 3.55. The summed E-state index contributed by atoms with van der Waals surface area (Å²) < 4.78 is 66.7. The lowest BCUT2D eigenvalue weighted by Crippen LogP contribution is -2.43. The van der Waals surface area contributed by atoms with E-state index >= 15 is 0 Å². The van der Waals surface area contributed by atoms with Crippen LogP contribution in [-0.4, -0.2) is 63.4 Å². The number of aromatic nitrogens is 3. The number of para-hydroxylation sites is 1. The number of morpholine rings is 1. The quantitative estimate of drug-likeness (QED) is 0.266. The molecule has 208 valence electrons. The molecule has 0 amide bonds. The van der Waals surface area contributed by atoms with Gasteiger partial charge in [0.1, 0.15) is 5.82 Å². The number of alkyl halides is 3. The second-order valence-corrected chi connectivity index (χ2v) is 10.1. The summed E-state index contributed by atoms with van der Waals surface area (Å²) >= 11 is 0. The zero-order chi connectivity index (χ0) is 27.9. The van der Waals surface area contributed by atoms with E-state index in [4.69, 9.17) is 4.74 Å². The summed E-state index contributed by atoms with van der Waals surface area (Å²) in [6.45, 7) is 4.36. The first-order chi connectivity index (χ1) is 19.3. The number of ether oxygens (including phenoxy) is 1. The highest BCUT2D eigenvalue weighted by Gasteiger charge is 2.57. The van der Waals surface area contributed by atoms with E-state index in [-0.39, 0.29) is 11.1 Å². The molecule has 0 bridgehead atoms. The van der Waals surface area contributed by atoms with Crippen molar-refractivity contribution in [3.63, 3.8) is 0 Å². The number of benzene rings is 3. The fourth-order valence-corrected chi connectivity index (χ4v) is 5.53. The maximum atomic E-state index is 14.9.